The van der Waals surface area contributed by atoms with E-state index in [4.69, 9.17) is 0 Å². The first kappa shape index (κ1) is 13.0. The highest BCUT2D eigenvalue weighted by Crippen LogP contribution is 2.02. The number of nitrogens with one attached hydrogen (secondary N) is 2. The van der Waals surface area contributed by atoms with E-state index >= 15 is 0 Å². The smallest absolute Gasteiger partial charge is 0.263 e. The molecule has 0 unspecified atom stereocenters. The van der Waals surface area contributed by atoms with Crippen LogP contribution in [0.1, 0.15) is 27.3 Å². The van der Waals surface area contributed by atoms with Gasteiger partial charge in [0.15, 0.2) is 0 Å². The average Bonchev–Trinajstić information content (AvgIpc) is 2.37. The van der Waals surface area contributed by atoms with E-state index in [0.29, 0.717) is 12.4 Å². The molecule has 0 fully saturated rings. The lowest BCUT2D eigenvalue weighted by Gasteiger charge is -2.05. The summed E-state index contributed by atoms with van der Waals surface area (Å²) in [6.45, 7) is 4.04. The van der Waals surface area contributed by atoms with Crippen molar-refractivity contribution < 1.29 is 4.79 Å². The Kier molecular flexibility index (Phi) is 3.75. The first-order valence-electron chi connectivity index (χ1n) is 5.96. The molecule has 0 bridgehead atoms. The molecule has 0 saturated heterocycles. The number of carbonyl (C=O) groups excluding carboxylic acids is 1. The third-order valence-corrected chi connectivity index (χ3v) is 2.74. The van der Waals surface area contributed by atoms with Gasteiger partial charge in [-0.2, -0.15) is 0 Å². The van der Waals surface area contributed by atoms with Gasteiger partial charge >= 0.3 is 0 Å². The van der Waals surface area contributed by atoms with Crippen LogP contribution < -0.4 is 10.9 Å². The van der Waals surface area contributed by atoms with E-state index in [-0.39, 0.29) is 5.56 Å². The second-order valence-corrected chi connectivity index (χ2v) is 4.38. The predicted octanol–water partition coefficient (Wildman–Crippen LogP) is 1.32. The van der Waals surface area contributed by atoms with Crippen LogP contribution in [0, 0.1) is 13.8 Å². The SMILES string of the molecule is Cc1ccc(CNC(=O)c2cnc(C)[nH]c2=O)cc1. The first-order chi connectivity index (χ1) is 9.06. The number of nitrogens with zero attached hydrogens (tertiary/aromatic N) is 1. The summed E-state index contributed by atoms with van der Waals surface area (Å²) in [5.41, 5.74) is 1.75. The van der Waals surface area contributed by atoms with Crippen LogP contribution in [0.2, 0.25) is 0 Å². The van der Waals surface area contributed by atoms with Gasteiger partial charge in [0.2, 0.25) is 0 Å². The molecule has 1 heterocycles. The molecule has 0 radical (unpaired) electrons. The molecule has 0 spiro atoms. The van der Waals surface area contributed by atoms with E-state index in [0.717, 1.165) is 11.1 Å². The molecule has 1 aromatic heterocycles. The highest BCUT2D eigenvalue weighted by molar-refractivity contribution is 5.93. The molecular weight excluding hydrogens is 242 g/mol. The lowest BCUT2D eigenvalue weighted by molar-refractivity contribution is 0.0949. The number of H-pyrrole nitrogens is 1. The molecule has 2 N–H and O–H groups in total. The normalized spacial score (nSPS) is 10.2. The fourth-order valence-electron chi connectivity index (χ4n) is 1.63. The maximum atomic E-state index is 11.8. The predicted molar refractivity (Wildman–Crippen MR) is 71.9 cm³/mol. The Morgan fingerprint density at radius 1 is 1.26 bits per heavy atom. The van der Waals surface area contributed by atoms with Crippen molar-refractivity contribution in [1.82, 2.24) is 15.3 Å². The maximum Gasteiger partial charge on any atom is 0.263 e. The highest BCUT2D eigenvalue weighted by Gasteiger charge is 2.10. The molecule has 0 saturated carbocycles. The molecule has 0 aliphatic rings. The zero-order valence-corrected chi connectivity index (χ0v) is 10.9. The average molecular weight is 257 g/mol. The fourth-order valence-corrected chi connectivity index (χ4v) is 1.63. The largest absolute Gasteiger partial charge is 0.348 e. The Bertz CT molecular complexity index is 644. The first-order valence-corrected chi connectivity index (χ1v) is 5.96. The summed E-state index contributed by atoms with van der Waals surface area (Å²) >= 11 is 0. The molecule has 0 atom stereocenters. The minimum absolute atomic E-state index is 0.0257. The van der Waals surface area contributed by atoms with Crippen LogP contribution in [0.3, 0.4) is 0 Å². The van der Waals surface area contributed by atoms with Crippen LogP contribution in [-0.4, -0.2) is 15.9 Å². The van der Waals surface area contributed by atoms with Gasteiger partial charge in [0.05, 0.1) is 0 Å². The van der Waals surface area contributed by atoms with Gasteiger partial charge in [-0.15, -0.1) is 0 Å². The second kappa shape index (κ2) is 5.48. The number of aromatic amines is 1. The van der Waals surface area contributed by atoms with Crippen LogP contribution in [0.5, 0.6) is 0 Å². The number of aryl methyl sites for hydroxylation is 2. The van der Waals surface area contributed by atoms with E-state index in [1.165, 1.54) is 6.20 Å². The van der Waals surface area contributed by atoms with Crippen molar-refractivity contribution in [2.24, 2.45) is 0 Å². The Hall–Kier alpha value is -2.43. The molecule has 19 heavy (non-hydrogen) atoms. The lowest BCUT2D eigenvalue weighted by Crippen LogP contribution is -2.29. The minimum Gasteiger partial charge on any atom is -0.348 e. The van der Waals surface area contributed by atoms with Crippen molar-refractivity contribution in [2.75, 3.05) is 0 Å². The second-order valence-electron chi connectivity index (χ2n) is 4.38. The Balaban J connectivity index is 2.05. The third kappa shape index (κ3) is 3.28. The fraction of sp³-hybridized carbons (Fsp3) is 0.214. The van der Waals surface area contributed by atoms with E-state index < -0.39 is 11.5 Å². The maximum absolute atomic E-state index is 11.8. The molecule has 1 aromatic carbocycles. The number of benzene rings is 1. The lowest BCUT2D eigenvalue weighted by atomic mass is 10.1. The Labute approximate surface area is 110 Å². The molecule has 98 valence electrons. The highest BCUT2D eigenvalue weighted by atomic mass is 16.2. The molecule has 0 aliphatic carbocycles. The quantitative estimate of drug-likeness (QED) is 0.870. The number of hydrogen-bond donors (Lipinski definition) is 2. The van der Waals surface area contributed by atoms with Crippen LogP contribution in [-0.2, 0) is 6.54 Å². The van der Waals surface area contributed by atoms with Crippen molar-refractivity contribution >= 4 is 5.91 Å². The summed E-state index contributed by atoms with van der Waals surface area (Å²) in [7, 11) is 0. The van der Waals surface area contributed by atoms with Gasteiger partial charge in [-0.3, -0.25) is 9.59 Å². The molecule has 5 nitrogen and oxygen atoms in total. The Morgan fingerprint density at radius 3 is 2.58 bits per heavy atom. The molecular formula is C14H15N3O2. The van der Waals surface area contributed by atoms with Crippen LogP contribution >= 0.6 is 0 Å². The van der Waals surface area contributed by atoms with E-state index in [2.05, 4.69) is 15.3 Å². The summed E-state index contributed by atoms with van der Waals surface area (Å²) < 4.78 is 0. The zero-order valence-electron chi connectivity index (χ0n) is 10.9. The molecule has 0 aliphatic heterocycles. The van der Waals surface area contributed by atoms with Gasteiger partial charge in [0, 0.05) is 12.7 Å². The number of aromatic nitrogens is 2. The third-order valence-electron chi connectivity index (χ3n) is 2.74. The summed E-state index contributed by atoms with van der Waals surface area (Å²) in [6, 6.07) is 7.82. The van der Waals surface area contributed by atoms with Crippen LogP contribution in [0.15, 0.2) is 35.3 Å². The van der Waals surface area contributed by atoms with Crippen molar-refractivity contribution in [3.63, 3.8) is 0 Å². The van der Waals surface area contributed by atoms with E-state index in [1.54, 1.807) is 6.92 Å². The Morgan fingerprint density at radius 2 is 1.95 bits per heavy atom. The van der Waals surface area contributed by atoms with Gasteiger partial charge < -0.3 is 10.3 Å². The van der Waals surface area contributed by atoms with Crippen LogP contribution in [0.4, 0.5) is 0 Å². The van der Waals surface area contributed by atoms with Gasteiger partial charge in [0.25, 0.3) is 11.5 Å². The molecule has 2 aromatic rings. The summed E-state index contributed by atoms with van der Waals surface area (Å²) in [5.74, 6) is 0.0643. The molecule has 5 heteroatoms. The minimum atomic E-state index is -0.422. The summed E-state index contributed by atoms with van der Waals surface area (Å²) in [4.78, 5) is 29.8. The number of carbonyl (C=O) groups is 1. The molecule has 1 amide bonds. The van der Waals surface area contributed by atoms with Crippen molar-refractivity contribution in [3.8, 4) is 0 Å². The van der Waals surface area contributed by atoms with Gasteiger partial charge in [-0.05, 0) is 19.4 Å². The number of amides is 1. The number of hydrogen-bond acceptors (Lipinski definition) is 3. The van der Waals surface area contributed by atoms with Crippen molar-refractivity contribution in [3.05, 3.63) is 63.3 Å². The topological polar surface area (TPSA) is 74.8 Å². The van der Waals surface area contributed by atoms with Crippen LogP contribution in [0.25, 0.3) is 0 Å². The number of rotatable bonds is 3. The van der Waals surface area contributed by atoms with E-state index in [1.807, 2.05) is 31.2 Å². The summed E-state index contributed by atoms with van der Waals surface area (Å²) in [6.07, 6.45) is 1.29. The standard InChI is InChI=1S/C14H15N3O2/c1-9-3-5-11(6-4-9)7-16-13(18)12-8-15-10(2)17-14(12)19/h3-6,8H,7H2,1-2H3,(H,16,18)(H,15,17,19). The van der Waals surface area contributed by atoms with Crippen molar-refractivity contribution in [1.29, 1.82) is 0 Å². The summed E-state index contributed by atoms with van der Waals surface area (Å²) in [5, 5.41) is 2.70. The van der Waals surface area contributed by atoms with E-state index in [9.17, 15) is 9.59 Å². The van der Waals surface area contributed by atoms with Gasteiger partial charge in [-0.1, -0.05) is 29.8 Å². The van der Waals surface area contributed by atoms with Gasteiger partial charge in [-0.25, -0.2) is 4.98 Å². The zero-order chi connectivity index (χ0) is 13.8. The van der Waals surface area contributed by atoms with Gasteiger partial charge in [0.1, 0.15) is 11.4 Å². The monoisotopic (exact) mass is 257 g/mol. The molecule has 2 rings (SSSR count). The van der Waals surface area contributed by atoms with Crippen molar-refractivity contribution in [2.45, 2.75) is 20.4 Å².